The van der Waals surface area contributed by atoms with Crippen molar-refractivity contribution >= 4 is 29.1 Å². The van der Waals surface area contributed by atoms with Crippen molar-refractivity contribution in [3.05, 3.63) is 81.3 Å². The minimum atomic E-state index is -0.313. The summed E-state index contributed by atoms with van der Waals surface area (Å²) in [5.74, 6) is 1.67. The van der Waals surface area contributed by atoms with Crippen molar-refractivity contribution < 1.29 is 23.7 Å². The molecule has 202 valence electrons. The number of carbonyl (C=O) groups is 1. The summed E-state index contributed by atoms with van der Waals surface area (Å²) in [5.41, 5.74) is 2.03. The number of benzene rings is 3. The third-order valence-electron chi connectivity index (χ3n) is 6.37. The lowest BCUT2D eigenvalue weighted by atomic mass is 10.1. The van der Waals surface area contributed by atoms with Gasteiger partial charge in [-0.25, -0.2) is 0 Å². The highest BCUT2D eigenvalue weighted by Gasteiger charge is 2.23. The Labute approximate surface area is 233 Å². The van der Waals surface area contributed by atoms with E-state index in [2.05, 4.69) is 10.2 Å². The van der Waals surface area contributed by atoms with Crippen molar-refractivity contribution in [2.75, 3.05) is 40.4 Å². The Hall–Kier alpha value is -3.13. The number of nitrogens with zero attached hydrogens (tertiary/aromatic N) is 1. The summed E-state index contributed by atoms with van der Waals surface area (Å²) in [6.07, 6.45) is 2.39. The molecule has 0 bridgehead atoms. The number of hydrogen-bond donors (Lipinski definition) is 1. The molecular formula is C29H32Cl2N2O5. The van der Waals surface area contributed by atoms with Crippen LogP contribution in [0.25, 0.3) is 0 Å². The zero-order valence-electron chi connectivity index (χ0n) is 21.6. The number of carbonyl (C=O) groups excluding carboxylic acids is 1. The largest absolute Gasteiger partial charge is 0.497 e. The summed E-state index contributed by atoms with van der Waals surface area (Å²) >= 11 is 13.4. The summed E-state index contributed by atoms with van der Waals surface area (Å²) in [6.45, 7) is 3.85. The van der Waals surface area contributed by atoms with Crippen molar-refractivity contribution in [2.45, 2.75) is 26.1 Å². The second kappa shape index (κ2) is 13.6. The van der Waals surface area contributed by atoms with E-state index in [1.54, 1.807) is 14.2 Å². The van der Waals surface area contributed by atoms with Crippen LogP contribution in [0.3, 0.4) is 0 Å². The van der Waals surface area contributed by atoms with Crippen molar-refractivity contribution in [3.8, 4) is 23.0 Å². The molecule has 1 N–H and O–H groups in total. The molecule has 1 amide bonds. The molecule has 3 aromatic rings. The van der Waals surface area contributed by atoms with Gasteiger partial charge in [0.25, 0.3) is 5.91 Å². The Morgan fingerprint density at radius 3 is 1.89 bits per heavy atom. The first-order valence-electron chi connectivity index (χ1n) is 12.5. The number of halogens is 2. The average Bonchev–Trinajstić information content (AvgIpc) is 3.46. The van der Waals surface area contributed by atoms with Crippen LogP contribution in [0.5, 0.6) is 23.0 Å². The number of ether oxygens (including phenoxy) is 4. The van der Waals surface area contributed by atoms with Gasteiger partial charge in [-0.05, 0) is 67.4 Å². The smallest absolute Gasteiger partial charge is 0.253 e. The molecule has 0 unspecified atom stereocenters. The van der Waals surface area contributed by atoms with Crippen molar-refractivity contribution in [2.24, 2.45) is 0 Å². The summed E-state index contributed by atoms with van der Waals surface area (Å²) in [7, 11) is 3.23. The van der Waals surface area contributed by atoms with Crippen LogP contribution in [-0.2, 0) is 13.2 Å². The van der Waals surface area contributed by atoms with Gasteiger partial charge in [-0.3, -0.25) is 4.79 Å². The van der Waals surface area contributed by atoms with E-state index < -0.39 is 0 Å². The van der Waals surface area contributed by atoms with E-state index in [-0.39, 0.29) is 46.2 Å². The number of methoxy groups -OCH3 is 2. The zero-order chi connectivity index (χ0) is 26.9. The summed E-state index contributed by atoms with van der Waals surface area (Å²) in [6, 6.07) is 16.5. The van der Waals surface area contributed by atoms with Crippen LogP contribution in [0.1, 0.15) is 34.3 Å². The maximum Gasteiger partial charge on any atom is 0.253 e. The van der Waals surface area contributed by atoms with Crippen molar-refractivity contribution in [1.82, 2.24) is 10.2 Å². The van der Waals surface area contributed by atoms with E-state index in [0.717, 1.165) is 42.3 Å². The number of rotatable bonds is 12. The topological polar surface area (TPSA) is 69.3 Å². The predicted molar refractivity (Wildman–Crippen MR) is 149 cm³/mol. The highest BCUT2D eigenvalue weighted by atomic mass is 35.5. The van der Waals surface area contributed by atoms with E-state index in [4.69, 9.17) is 42.1 Å². The van der Waals surface area contributed by atoms with E-state index in [1.165, 1.54) is 18.9 Å². The first kappa shape index (κ1) is 27.9. The molecule has 3 aromatic carbocycles. The van der Waals surface area contributed by atoms with Crippen LogP contribution in [0, 0.1) is 0 Å². The summed E-state index contributed by atoms with van der Waals surface area (Å²) in [5, 5.41) is 3.33. The molecule has 0 aliphatic carbocycles. The Kier molecular flexibility index (Phi) is 9.98. The van der Waals surface area contributed by atoms with Gasteiger partial charge in [-0.2, -0.15) is 0 Å². The molecule has 1 saturated heterocycles. The molecule has 0 radical (unpaired) electrons. The van der Waals surface area contributed by atoms with Crippen LogP contribution in [0.4, 0.5) is 0 Å². The zero-order valence-corrected chi connectivity index (χ0v) is 23.1. The van der Waals surface area contributed by atoms with Gasteiger partial charge in [0, 0.05) is 13.1 Å². The van der Waals surface area contributed by atoms with Crippen LogP contribution in [-0.4, -0.2) is 51.2 Å². The molecular weight excluding hydrogens is 527 g/mol. The molecule has 0 aromatic heterocycles. The molecule has 7 nitrogen and oxygen atoms in total. The minimum absolute atomic E-state index is 0.145. The summed E-state index contributed by atoms with van der Waals surface area (Å²) < 4.78 is 22.6. The number of amides is 1. The van der Waals surface area contributed by atoms with Crippen LogP contribution in [0.15, 0.2) is 54.6 Å². The standard InChI is InChI=1S/C29H32Cl2N2O5/c1-35-22-9-5-20(6-10-22)18-37-27-25(30)17-24(29(34)32-13-16-33-14-3-4-15-33)26(31)28(27)38-19-21-7-11-23(36-2)12-8-21/h5-12,17H,3-4,13-16,18-19H2,1-2H3,(H,32,34). The molecule has 0 saturated carbocycles. The fourth-order valence-corrected chi connectivity index (χ4v) is 4.73. The normalized spacial score (nSPS) is 13.3. The number of nitrogens with one attached hydrogen (secondary N) is 1. The molecule has 0 atom stereocenters. The minimum Gasteiger partial charge on any atom is -0.497 e. The molecule has 4 rings (SSSR count). The second-order valence-corrected chi connectivity index (χ2v) is 9.74. The van der Waals surface area contributed by atoms with E-state index in [1.807, 2.05) is 48.5 Å². The third kappa shape index (κ3) is 7.25. The summed E-state index contributed by atoms with van der Waals surface area (Å²) in [4.78, 5) is 15.4. The van der Waals surface area contributed by atoms with Crippen LogP contribution in [0.2, 0.25) is 10.0 Å². The SMILES string of the molecule is COc1ccc(COc2c(Cl)cc(C(=O)NCCN3CCCC3)c(Cl)c2OCc2ccc(OC)cc2)cc1. The Bertz CT molecular complexity index is 1210. The van der Waals surface area contributed by atoms with Gasteiger partial charge in [0.1, 0.15) is 24.7 Å². The quantitative estimate of drug-likeness (QED) is 0.294. The number of likely N-dealkylation sites (tertiary alicyclic amines) is 1. The monoisotopic (exact) mass is 558 g/mol. The highest BCUT2D eigenvalue weighted by molar-refractivity contribution is 6.38. The number of hydrogen-bond acceptors (Lipinski definition) is 6. The lowest BCUT2D eigenvalue weighted by Crippen LogP contribution is -2.33. The lowest BCUT2D eigenvalue weighted by molar-refractivity contribution is 0.0949. The average molecular weight is 559 g/mol. The Balaban J connectivity index is 1.54. The maximum atomic E-state index is 13.0. The lowest BCUT2D eigenvalue weighted by Gasteiger charge is -2.19. The molecule has 1 fully saturated rings. The maximum absolute atomic E-state index is 13.0. The highest BCUT2D eigenvalue weighted by Crippen LogP contribution is 2.44. The van der Waals surface area contributed by atoms with Gasteiger partial charge < -0.3 is 29.2 Å². The molecule has 1 heterocycles. The van der Waals surface area contributed by atoms with E-state index in [9.17, 15) is 4.79 Å². The van der Waals surface area contributed by atoms with Gasteiger partial charge in [0.05, 0.1) is 29.8 Å². The molecule has 1 aliphatic rings. The van der Waals surface area contributed by atoms with Gasteiger partial charge >= 0.3 is 0 Å². The fourth-order valence-electron chi connectivity index (χ4n) is 4.20. The first-order chi connectivity index (χ1) is 18.5. The van der Waals surface area contributed by atoms with Gasteiger partial charge in [-0.1, -0.05) is 47.5 Å². The third-order valence-corrected chi connectivity index (χ3v) is 7.03. The van der Waals surface area contributed by atoms with E-state index >= 15 is 0 Å². The Morgan fingerprint density at radius 2 is 1.37 bits per heavy atom. The molecule has 1 aliphatic heterocycles. The van der Waals surface area contributed by atoms with Crippen molar-refractivity contribution in [3.63, 3.8) is 0 Å². The molecule has 0 spiro atoms. The van der Waals surface area contributed by atoms with Crippen LogP contribution < -0.4 is 24.3 Å². The van der Waals surface area contributed by atoms with Gasteiger partial charge in [0.2, 0.25) is 0 Å². The molecule has 38 heavy (non-hydrogen) atoms. The van der Waals surface area contributed by atoms with Gasteiger partial charge in [0.15, 0.2) is 11.5 Å². The van der Waals surface area contributed by atoms with Gasteiger partial charge in [-0.15, -0.1) is 0 Å². The van der Waals surface area contributed by atoms with Crippen LogP contribution >= 0.6 is 23.2 Å². The first-order valence-corrected chi connectivity index (χ1v) is 13.3. The Morgan fingerprint density at radius 1 is 0.842 bits per heavy atom. The fraction of sp³-hybridized carbons (Fsp3) is 0.345. The second-order valence-electron chi connectivity index (χ2n) is 8.96. The predicted octanol–water partition coefficient (Wildman–Crippen LogP) is 5.99. The van der Waals surface area contributed by atoms with E-state index in [0.29, 0.717) is 6.54 Å². The molecule has 9 heteroatoms. The van der Waals surface area contributed by atoms with Crippen molar-refractivity contribution in [1.29, 1.82) is 0 Å².